The first-order chi connectivity index (χ1) is 8.70. The monoisotopic (exact) mass is 260 g/mol. The predicted octanol–water partition coefficient (Wildman–Crippen LogP) is 2.59. The zero-order chi connectivity index (χ0) is 13.0. The lowest BCUT2D eigenvalue weighted by Gasteiger charge is -2.06. The maximum absolute atomic E-state index is 11.9. The Kier molecular flexibility index (Phi) is 4.20. The number of hydrogen-bond donors (Lipinski definition) is 1. The van der Waals surface area contributed by atoms with Gasteiger partial charge in [0.1, 0.15) is 0 Å². The summed E-state index contributed by atoms with van der Waals surface area (Å²) >= 11 is 1.45. The summed E-state index contributed by atoms with van der Waals surface area (Å²) in [5.41, 5.74) is 2.85. The summed E-state index contributed by atoms with van der Waals surface area (Å²) in [5, 5.41) is 0.681. The van der Waals surface area contributed by atoms with Crippen molar-refractivity contribution in [3.05, 3.63) is 57.5 Å². The quantitative estimate of drug-likeness (QED) is 0.679. The van der Waals surface area contributed by atoms with E-state index in [0.717, 1.165) is 24.1 Å². The molecule has 0 aliphatic heterocycles. The number of nitrogens with one attached hydrogen (secondary N) is 1. The summed E-state index contributed by atoms with van der Waals surface area (Å²) in [5.74, 6) is 0. The van der Waals surface area contributed by atoms with Crippen LogP contribution in [0.1, 0.15) is 16.8 Å². The van der Waals surface area contributed by atoms with Crippen LogP contribution in [0.15, 0.2) is 40.3 Å². The topological polar surface area (TPSA) is 45.8 Å². The fourth-order valence-corrected chi connectivity index (χ4v) is 2.31. The second-order valence-corrected chi connectivity index (χ2v) is 4.92. The zero-order valence-corrected chi connectivity index (χ0v) is 11.4. The Morgan fingerprint density at radius 1 is 1.22 bits per heavy atom. The largest absolute Gasteiger partial charge is 0.301 e. The maximum Gasteiger partial charge on any atom is 0.254 e. The Labute approximate surface area is 111 Å². The van der Waals surface area contributed by atoms with Crippen molar-refractivity contribution in [3.8, 4) is 0 Å². The maximum atomic E-state index is 11.9. The van der Waals surface area contributed by atoms with E-state index in [-0.39, 0.29) is 5.56 Å². The smallest absolute Gasteiger partial charge is 0.254 e. The van der Waals surface area contributed by atoms with Crippen LogP contribution in [-0.2, 0) is 12.8 Å². The second kappa shape index (κ2) is 5.87. The number of H-pyrrole nitrogens is 1. The van der Waals surface area contributed by atoms with Gasteiger partial charge in [-0.05, 0) is 31.6 Å². The van der Waals surface area contributed by atoms with E-state index < -0.39 is 0 Å². The Balaban J connectivity index is 2.17. The molecule has 3 nitrogen and oxygen atoms in total. The highest BCUT2D eigenvalue weighted by molar-refractivity contribution is 7.98. The minimum absolute atomic E-state index is 0.0113. The number of rotatable bonds is 4. The number of aromatic amines is 1. The van der Waals surface area contributed by atoms with Crippen LogP contribution >= 0.6 is 11.8 Å². The van der Waals surface area contributed by atoms with Gasteiger partial charge in [0.25, 0.3) is 5.56 Å². The average Bonchev–Trinajstić information content (AvgIpc) is 2.38. The molecule has 0 unspecified atom stereocenters. The third-order valence-electron chi connectivity index (χ3n) is 2.90. The second-order valence-electron chi connectivity index (χ2n) is 4.12. The molecule has 0 amide bonds. The van der Waals surface area contributed by atoms with Gasteiger partial charge < -0.3 is 4.98 Å². The molecule has 0 spiro atoms. The number of nitrogens with zero attached hydrogens (tertiary/aromatic N) is 1. The van der Waals surface area contributed by atoms with Crippen LogP contribution in [0.25, 0.3) is 0 Å². The molecule has 1 heterocycles. The fourth-order valence-electron chi connectivity index (χ4n) is 1.89. The number of hydrogen-bond acceptors (Lipinski definition) is 3. The van der Waals surface area contributed by atoms with E-state index in [1.54, 1.807) is 0 Å². The van der Waals surface area contributed by atoms with Gasteiger partial charge >= 0.3 is 0 Å². The molecular weight excluding hydrogens is 244 g/mol. The Morgan fingerprint density at radius 2 is 1.94 bits per heavy atom. The van der Waals surface area contributed by atoms with Crippen molar-refractivity contribution < 1.29 is 0 Å². The zero-order valence-electron chi connectivity index (χ0n) is 10.6. The Hall–Kier alpha value is -1.55. The SMILES string of the molecule is CSc1nc(C)c(CCc2ccccc2)c(=O)[nH]1. The number of aromatic nitrogens is 2. The van der Waals surface area contributed by atoms with Gasteiger partial charge in [0.15, 0.2) is 5.16 Å². The molecule has 2 rings (SSSR count). The molecule has 0 atom stereocenters. The molecule has 0 aliphatic rings. The van der Waals surface area contributed by atoms with E-state index in [2.05, 4.69) is 22.1 Å². The third kappa shape index (κ3) is 3.01. The molecule has 1 aromatic carbocycles. The van der Waals surface area contributed by atoms with Gasteiger partial charge in [-0.3, -0.25) is 4.79 Å². The number of benzene rings is 1. The minimum Gasteiger partial charge on any atom is -0.301 e. The van der Waals surface area contributed by atoms with E-state index in [0.29, 0.717) is 5.16 Å². The van der Waals surface area contributed by atoms with Crippen molar-refractivity contribution in [3.63, 3.8) is 0 Å². The highest BCUT2D eigenvalue weighted by Gasteiger charge is 2.07. The van der Waals surface area contributed by atoms with Crippen LogP contribution < -0.4 is 5.56 Å². The molecule has 0 bridgehead atoms. The molecular formula is C14H16N2OS. The standard InChI is InChI=1S/C14H16N2OS/c1-10-12(13(17)16-14(15-10)18-2)9-8-11-6-4-3-5-7-11/h3-7H,8-9H2,1-2H3,(H,15,16,17). The van der Waals surface area contributed by atoms with E-state index in [9.17, 15) is 4.79 Å². The van der Waals surface area contributed by atoms with E-state index >= 15 is 0 Å². The first-order valence-electron chi connectivity index (χ1n) is 5.88. The lowest BCUT2D eigenvalue weighted by atomic mass is 10.0. The minimum atomic E-state index is -0.0113. The normalized spacial score (nSPS) is 10.6. The van der Waals surface area contributed by atoms with Gasteiger partial charge in [0.2, 0.25) is 0 Å². The van der Waals surface area contributed by atoms with Gasteiger partial charge in [-0.25, -0.2) is 4.98 Å². The molecule has 94 valence electrons. The van der Waals surface area contributed by atoms with E-state index in [1.807, 2.05) is 31.4 Å². The van der Waals surface area contributed by atoms with Crippen LogP contribution in [0.4, 0.5) is 0 Å². The van der Waals surface area contributed by atoms with Crippen molar-refractivity contribution >= 4 is 11.8 Å². The molecule has 1 N–H and O–H groups in total. The van der Waals surface area contributed by atoms with Crippen molar-refractivity contribution in [2.45, 2.75) is 24.9 Å². The van der Waals surface area contributed by atoms with Crippen LogP contribution in [-0.4, -0.2) is 16.2 Å². The van der Waals surface area contributed by atoms with Crippen molar-refractivity contribution in [1.82, 2.24) is 9.97 Å². The molecule has 0 saturated carbocycles. The van der Waals surface area contributed by atoms with E-state index in [1.165, 1.54) is 17.3 Å². The molecule has 1 aromatic heterocycles. The summed E-state index contributed by atoms with van der Waals surface area (Å²) < 4.78 is 0. The highest BCUT2D eigenvalue weighted by atomic mass is 32.2. The van der Waals surface area contributed by atoms with Crippen LogP contribution in [0.3, 0.4) is 0 Å². The van der Waals surface area contributed by atoms with Gasteiger partial charge in [0, 0.05) is 11.3 Å². The average molecular weight is 260 g/mol. The fraction of sp³-hybridized carbons (Fsp3) is 0.286. The van der Waals surface area contributed by atoms with Crippen LogP contribution in [0, 0.1) is 6.92 Å². The van der Waals surface area contributed by atoms with Crippen LogP contribution in [0.2, 0.25) is 0 Å². The first kappa shape index (κ1) is 12.9. The van der Waals surface area contributed by atoms with Crippen molar-refractivity contribution in [1.29, 1.82) is 0 Å². The van der Waals surface area contributed by atoms with Crippen molar-refractivity contribution in [2.24, 2.45) is 0 Å². The van der Waals surface area contributed by atoms with Crippen molar-refractivity contribution in [2.75, 3.05) is 6.26 Å². The Morgan fingerprint density at radius 3 is 2.56 bits per heavy atom. The van der Waals surface area contributed by atoms with E-state index in [4.69, 9.17) is 0 Å². The van der Waals surface area contributed by atoms with Crippen LogP contribution in [0.5, 0.6) is 0 Å². The highest BCUT2D eigenvalue weighted by Crippen LogP contribution is 2.10. The lowest BCUT2D eigenvalue weighted by Crippen LogP contribution is -2.17. The van der Waals surface area contributed by atoms with Gasteiger partial charge in [-0.15, -0.1) is 0 Å². The molecule has 0 radical (unpaired) electrons. The molecule has 0 saturated heterocycles. The molecule has 0 fully saturated rings. The summed E-state index contributed by atoms with van der Waals surface area (Å²) in [4.78, 5) is 19.1. The first-order valence-corrected chi connectivity index (χ1v) is 7.11. The molecule has 4 heteroatoms. The number of aryl methyl sites for hydroxylation is 2. The van der Waals surface area contributed by atoms with Gasteiger partial charge in [-0.2, -0.15) is 0 Å². The third-order valence-corrected chi connectivity index (χ3v) is 3.48. The predicted molar refractivity (Wildman–Crippen MR) is 75.2 cm³/mol. The Bertz CT molecular complexity index is 578. The molecule has 2 aromatic rings. The summed E-state index contributed by atoms with van der Waals surface area (Å²) in [6, 6.07) is 10.2. The number of thioether (sulfide) groups is 1. The van der Waals surface area contributed by atoms with Gasteiger partial charge in [0.05, 0.1) is 0 Å². The van der Waals surface area contributed by atoms with Gasteiger partial charge in [-0.1, -0.05) is 42.1 Å². The molecule has 18 heavy (non-hydrogen) atoms. The summed E-state index contributed by atoms with van der Waals surface area (Å²) in [6.45, 7) is 1.90. The summed E-state index contributed by atoms with van der Waals surface area (Å²) in [6.07, 6.45) is 3.50. The lowest BCUT2D eigenvalue weighted by molar-refractivity contribution is 0.831. The molecule has 0 aliphatic carbocycles. The summed E-state index contributed by atoms with van der Waals surface area (Å²) in [7, 11) is 0.